The van der Waals surface area contributed by atoms with E-state index in [1.54, 1.807) is 31.2 Å². The quantitative estimate of drug-likeness (QED) is 0.384. The van der Waals surface area contributed by atoms with Gasteiger partial charge in [0.1, 0.15) is 0 Å². The fourth-order valence-corrected chi connectivity index (χ4v) is 3.06. The van der Waals surface area contributed by atoms with Crippen LogP contribution < -0.4 is 9.47 Å². The molecule has 0 saturated carbocycles. The maximum absolute atomic E-state index is 12.2. The molecule has 1 aliphatic heterocycles. The van der Waals surface area contributed by atoms with Crippen LogP contribution in [0.4, 0.5) is 4.79 Å². The number of hydrogen-bond donors (Lipinski definition) is 0. The minimum atomic E-state index is -0.480. The van der Waals surface area contributed by atoms with Gasteiger partial charge in [0, 0.05) is 0 Å². The van der Waals surface area contributed by atoms with Crippen molar-refractivity contribution in [1.82, 2.24) is 4.90 Å². The molecule has 27 heavy (non-hydrogen) atoms. The molecular weight excluding hydrogens is 370 g/mol. The number of imide groups is 1. The summed E-state index contributed by atoms with van der Waals surface area (Å²) in [5, 5.41) is -0.399. The van der Waals surface area contributed by atoms with Crippen LogP contribution in [0.25, 0.3) is 6.08 Å². The van der Waals surface area contributed by atoms with Gasteiger partial charge in [-0.05, 0) is 49.4 Å². The van der Waals surface area contributed by atoms with Crippen molar-refractivity contribution in [1.29, 1.82) is 0 Å². The summed E-state index contributed by atoms with van der Waals surface area (Å²) >= 11 is 0.829. The first kappa shape index (κ1) is 20.4. The fourth-order valence-electron chi connectivity index (χ4n) is 2.22. The molecule has 0 bridgehead atoms. The van der Waals surface area contributed by atoms with Gasteiger partial charge in [0.2, 0.25) is 0 Å². The number of thioether (sulfide) groups is 1. The van der Waals surface area contributed by atoms with E-state index in [4.69, 9.17) is 20.6 Å². The number of terminal acetylenes is 1. The molecule has 142 valence electrons. The van der Waals surface area contributed by atoms with Crippen LogP contribution in [0, 0.1) is 12.3 Å². The lowest BCUT2D eigenvalue weighted by molar-refractivity contribution is -0.145. The molecule has 1 saturated heterocycles. The lowest BCUT2D eigenvalue weighted by Crippen LogP contribution is -2.28. The molecule has 1 aromatic carbocycles. The summed E-state index contributed by atoms with van der Waals surface area (Å²) in [6.45, 7) is 3.88. The molecule has 0 aliphatic carbocycles. The third-order valence-electron chi connectivity index (χ3n) is 3.34. The zero-order valence-corrected chi connectivity index (χ0v) is 15.8. The zero-order chi connectivity index (χ0) is 19.8. The van der Waals surface area contributed by atoms with Crippen LogP contribution in [-0.2, 0) is 14.3 Å². The Kier molecular flexibility index (Phi) is 7.32. The smallest absolute Gasteiger partial charge is 0.344 e. The topological polar surface area (TPSA) is 82.1 Å². The highest BCUT2D eigenvalue weighted by molar-refractivity contribution is 8.18. The largest absolute Gasteiger partial charge is 0.490 e. The number of esters is 1. The predicted molar refractivity (Wildman–Crippen MR) is 101 cm³/mol. The Hall–Kier alpha value is -2.92. The van der Waals surface area contributed by atoms with E-state index in [-0.39, 0.29) is 24.7 Å². The summed E-state index contributed by atoms with van der Waals surface area (Å²) in [5.74, 6) is 2.17. The molecule has 0 N–H and O–H groups in total. The van der Waals surface area contributed by atoms with E-state index in [1.807, 2.05) is 6.92 Å². The third-order valence-corrected chi connectivity index (χ3v) is 4.25. The molecule has 1 fully saturated rings. The second kappa shape index (κ2) is 9.69. The monoisotopic (exact) mass is 389 g/mol. The second-order valence-corrected chi connectivity index (χ2v) is 6.20. The van der Waals surface area contributed by atoms with Crippen LogP contribution in [0.2, 0.25) is 0 Å². The van der Waals surface area contributed by atoms with Crippen LogP contribution >= 0.6 is 11.8 Å². The van der Waals surface area contributed by atoms with Gasteiger partial charge in [0.05, 0.1) is 24.7 Å². The summed E-state index contributed by atoms with van der Waals surface area (Å²) < 4.78 is 15.8. The van der Waals surface area contributed by atoms with E-state index >= 15 is 0 Å². The van der Waals surface area contributed by atoms with Gasteiger partial charge in [0.15, 0.2) is 18.1 Å². The Balaban J connectivity index is 2.20. The number of ether oxygens (including phenoxy) is 3. The highest BCUT2D eigenvalue weighted by atomic mass is 32.2. The summed E-state index contributed by atoms with van der Waals surface area (Å²) in [7, 11) is 0. The Morgan fingerprint density at radius 3 is 2.67 bits per heavy atom. The van der Waals surface area contributed by atoms with Crippen LogP contribution in [0.5, 0.6) is 11.5 Å². The zero-order valence-electron chi connectivity index (χ0n) is 15.0. The summed E-state index contributed by atoms with van der Waals surface area (Å²) in [4.78, 5) is 36.8. The minimum Gasteiger partial charge on any atom is -0.490 e. The number of rotatable bonds is 8. The first-order valence-corrected chi connectivity index (χ1v) is 9.05. The molecule has 7 nitrogen and oxygen atoms in total. The molecular formula is C19H19NO6S. The van der Waals surface area contributed by atoms with Crippen LogP contribution in [-0.4, -0.2) is 48.4 Å². The van der Waals surface area contributed by atoms with Crippen molar-refractivity contribution in [3.8, 4) is 23.8 Å². The number of benzene rings is 1. The summed E-state index contributed by atoms with van der Waals surface area (Å²) in [6.07, 6.45) is 6.76. The van der Waals surface area contributed by atoms with Gasteiger partial charge in [-0.15, -0.1) is 6.42 Å². The lowest BCUT2D eigenvalue weighted by Gasteiger charge is -2.12. The van der Waals surface area contributed by atoms with Crippen molar-refractivity contribution in [3.63, 3.8) is 0 Å². The maximum Gasteiger partial charge on any atom is 0.344 e. The van der Waals surface area contributed by atoms with Crippen LogP contribution in [0.15, 0.2) is 23.1 Å². The summed E-state index contributed by atoms with van der Waals surface area (Å²) in [6, 6.07) is 4.99. The van der Waals surface area contributed by atoms with Gasteiger partial charge in [-0.1, -0.05) is 12.0 Å². The van der Waals surface area contributed by atoms with E-state index in [2.05, 4.69) is 5.92 Å². The van der Waals surface area contributed by atoms with E-state index < -0.39 is 17.1 Å². The van der Waals surface area contributed by atoms with Crippen molar-refractivity contribution >= 4 is 35.0 Å². The average molecular weight is 389 g/mol. The Bertz CT molecular complexity index is 811. The molecule has 0 radical (unpaired) electrons. The number of carbonyl (C=O) groups is 3. The molecule has 0 atom stereocenters. The van der Waals surface area contributed by atoms with Gasteiger partial charge >= 0.3 is 5.97 Å². The molecule has 2 rings (SSSR count). The molecule has 1 aliphatic rings. The Labute approximate surface area is 161 Å². The number of carbonyl (C=O) groups excluding carboxylic acids is 3. The second-order valence-electron chi connectivity index (χ2n) is 5.20. The van der Waals surface area contributed by atoms with Crippen LogP contribution in [0.1, 0.15) is 19.4 Å². The van der Waals surface area contributed by atoms with E-state index in [9.17, 15) is 14.4 Å². The highest BCUT2D eigenvalue weighted by Crippen LogP contribution is 2.34. The van der Waals surface area contributed by atoms with E-state index in [1.165, 1.54) is 0 Å². The molecule has 1 aromatic rings. The molecule has 0 spiro atoms. The van der Waals surface area contributed by atoms with Crippen molar-refractivity contribution in [2.45, 2.75) is 13.8 Å². The van der Waals surface area contributed by atoms with Crippen molar-refractivity contribution in [2.24, 2.45) is 0 Å². The summed E-state index contributed by atoms with van der Waals surface area (Å²) in [5.41, 5.74) is 0.646. The van der Waals surface area contributed by atoms with E-state index in [0.717, 1.165) is 16.7 Å². The van der Waals surface area contributed by atoms with Gasteiger partial charge in [0.25, 0.3) is 11.1 Å². The normalized spacial score (nSPS) is 15.0. The van der Waals surface area contributed by atoms with Crippen molar-refractivity contribution in [2.75, 3.05) is 26.4 Å². The molecule has 2 amide bonds. The average Bonchev–Trinajstić information content (AvgIpc) is 2.89. The van der Waals surface area contributed by atoms with Gasteiger partial charge in [-0.25, -0.2) is 4.79 Å². The number of amides is 2. The van der Waals surface area contributed by atoms with Crippen molar-refractivity contribution in [3.05, 3.63) is 28.7 Å². The molecule has 8 heteroatoms. The highest BCUT2D eigenvalue weighted by Gasteiger charge is 2.34. The fraction of sp³-hybridized carbons (Fsp3) is 0.316. The third kappa shape index (κ3) is 5.28. The maximum atomic E-state index is 12.2. The molecule has 1 heterocycles. The number of hydrogen-bond acceptors (Lipinski definition) is 7. The van der Waals surface area contributed by atoms with Crippen LogP contribution in [0.3, 0.4) is 0 Å². The predicted octanol–water partition coefficient (Wildman–Crippen LogP) is 2.70. The first-order chi connectivity index (χ1) is 13.0. The van der Waals surface area contributed by atoms with Gasteiger partial charge in [-0.2, -0.15) is 0 Å². The van der Waals surface area contributed by atoms with Crippen molar-refractivity contribution < 1.29 is 28.6 Å². The molecule has 0 aromatic heterocycles. The Morgan fingerprint density at radius 2 is 2.00 bits per heavy atom. The number of nitrogens with zero attached hydrogens (tertiary/aromatic N) is 1. The van der Waals surface area contributed by atoms with Gasteiger partial charge < -0.3 is 14.2 Å². The molecule has 0 unspecified atom stereocenters. The minimum absolute atomic E-state index is 0.0627. The first-order valence-electron chi connectivity index (χ1n) is 8.24. The Morgan fingerprint density at radius 1 is 1.22 bits per heavy atom. The standard InChI is InChI=1S/C19H19NO6S/c1-4-9-20-18(22)16(27-19(20)23)11-13-7-8-14(15(10-13)24-5-2)26-12-17(21)25-6-3/h1,7-8,10-11H,5-6,9,12H2,2-3H3/b16-11+. The SMILES string of the molecule is C#CCN1C(=O)S/C(=C/c2ccc(OCC(=O)OCC)c(OCC)c2)C1=O. The van der Waals surface area contributed by atoms with E-state index in [0.29, 0.717) is 23.7 Å². The van der Waals surface area contributed by atoms with Gasteiger partial charge in [-0.3, -0.25) is 14.5 Å². The lowest BCUT2D eigenvalue weighted by atomic mass is 10.2.